The molecule has 0 aliphatic carbocycles. The van der Waals surface area contributed by atoms with Crippen LogP contribution in [0.4, 0.5) is 4.39 Å². The standard InChI is InChI=1S/C17H17FN2O4S2/c18-12-5-3-11(4-6-12)10-13-16(24)20(17(25)26-13)9-7-14(21)19-8-1-2-15(22)23/h3-6,10H,1-2,7-9H2,(H,19,21)(H,22,23)/b13-10-. The largest absolute Gasteiger partial charge is 0.481 e. The molecule has 0 bridgehead atoms. The summed E-state index contributed by atoms with van der Waals surface area (Å²) in [5.74, 6) is -1.83. The third-order valence-corrected chi connectivity index (χ3v) is 4.87. The van der Waals surface area contributed by atoms with Gasteiger partial charge in [-0.2, -0.15) is 0 Å². The number of carbonyl (C=O) groups excluding carboxylic acids is 2. The molecule has 2 N–H and O–H groups in total. The van der Waals surface area contributed by atoms with Crippen molar-refractivity contribution in [1.29, 1.82) is 0 Å². The number of thiocarbonyl (C=S) groups is 1. The highest BCUT2D eigenvalue weighted by Gasteiger charge is 2.32. The number of amides is 2. The van der Waals surface area contributed by atoms with Crippen molar-refractivity contribution in [3.63, 3.8) is 0 Å². The average molecular weight is 396 g/mol. The van der Waals surface area contributed by atoms with Crippen LogP contribution in [0.5, 0.6) is 0 Å². The first-order valence-electron chi connectivity index (χ1n) is 7.86. The van der Waals surface area contributed by atoms with Crippen molar-refractivity contribution in [2.75, 3.05) is 13.1 Å². The van der Waals surface area contributed by atoms with Crippen LogP contribution in [0.15, 0.2) is 29.2 Å². The monoisotopic (exact) mass is 396 g/mol. The molecule has 1 aliphatic heterocycles. The summed E-state index contributed by atoms with van der Waals surface area (Å²) in [7, 11) is 0. The smallest absolute Gasteiger partial charge is 0.303 e. The Balaban J connectivity index is 1.85. The molecule has 1 aromatic rings. The number of carboxylic acids is 1. The number of hydrogen-bond donors (Lipinski definition) is 2. The minimum atomic E-state index is -0.912. The van der Waals surface area contributed by atoms with E-state index in [0.29, 0.717) is 21.2 Å². The minimum absolute atomic E-state index is 0.0108. The fraction of sp³-hybridized carbons (Fsp3) is 0.294. The first kappa shape index (κ1) is 20.1. The van der Waals surface area contributed by atoms with E-state index in [2.05, 4.69) is 5.32 Å². The molecule has 1 heterocycles. The van der Waals surface area contributed by atoms with Gasteiger partial charge in [-0.25, -0.2) is 4.39 Å². The number of hydrogen-bond acceptors (Lipinski definition) is 5. The van der Waals surface area contributed by atoms with Crippen LogP contribution in [0.2, 0.25) is 0 Å². The van der Waals surface area contributed by atoms with Crippen LogP contribution >= 0.6 is 24.0 Å². The summed E-state index contributed by atoms with van der Waals surface area (Å²) in [6.07, 6.45) is 2.04. The molecule has 9 heteroatoms. The van der Waals surface area contributed by atoms with Crippen LogP contribution in [0.1, 0.15) is 24.8 Å². The van der Waals surface area contributed by atoms with Gasteiger partial charge in [0.2, 0.25) is 5.91 Å². The zero-order valence-electron chi connectivity index (χ0n) is 13.7. The lowest BCUT2D eigenvalue weighted by molar-refractivity contribution is -0.137. The zero-order valence-corrected chi connectivity index (χ0v) is 15.4. The number of nitrogens with zero attached hydrogens (tertiary/aromatic N) is 1. The number of benzene rings is 1. The highest BCUT2D eigenvalue weighted by Crippen LogP contribution is 2.32. The number of carbonyl (C=O) groups is 3. The maximum atomic E-state index is 12.9. The second-order valence-electron chi connectivity index (χ2n) is 5.48. The van der Waals surface area contributed by atoms with Gasteiger partial charge in [0.05, 0.1) is 4.91 Å². The van der Waals surface area contributed by atoms with E-state index in [9.17, 15) is 18.8 Å². The lowest BCUT2D eigenvalue weighted by atomic mass is 10.2. The summed E-state index contributed by atoms with van der Waals surface area (Å²) in [6, 6.07) is 5.74. The Labute approximate surface area is 159 Å². The van der Waals surface area contributed by atoms with E-state index in [1.807, 2.05) is 0 Å². The third kappa shape index (κ3) is 5.92. The number of halogens is 1. The van der Waals surface area contributed by atoms with Crippen LogP contribution in [-0.4, -0.2) is 45.2 Å². The normalized spacial score (nSPS) is 15.6. The molecule has 6 nitrogen and oxygen atoms in total. The molecular weight excluding hydrogens is 379 g/mol. The maximum Gasteiger partial charge on any atom is 0.303 e. The van der Waals surface area contributed by atoms with Crippen LogP contribution in [-0.2, 0) is 14.4 Å². The summed E-state index contributed by atoms with van der Waals surface area (Å²) in [4.78, 5) is 36.3. The third-order valence-electron chi connectivity index (χ3n) is 3.49. The Hall–Kier alpha value is -2.26. The summed E-state index contributed by atoms with van der Waals surface area (Å²) < 4.78 is 13.3. The Morgan fingerprint density at radius 3 is 2.62 bits per heavy atom. The molecule has 0 atom stereocenters. The van der Waals surface area contributed by atoms with Crippen molar-refractivity contribution >= 4 is 52.2 Å². The molecule has 26 heavy (non-hydrogen) atoms. The van der Waals surface area contributed by atoms with E-state index >= 15 is 0 Å². The van der Waals surface area contributed by atoms with Gasteiger partial charge in [0.25, 0.3) is 5.91 Å². The molecule has 2 rings (SSSR count). The van der Waals surface area contributed by atoms with Crippen molar-refractivity contribution in [2.24, 2.45) is 0 Å². The lowest BCUT2D eigenvalue weighted by Crippen LogP contribution is -2.33. The van der Waals surface area contributed by atoms with Gasteiger partial charge in [-0.1, -0.05) is 36.1 Å². The summed E-state index contributed by atoms with van der Waals surface area (Å²) in [6.45, 7) is 0.421. The Kier molecular flexibility index (Phi) is 7.28. The SMILES string of the molecule is O=C(O)CCCNC(=O)CCN1C(=O)/C(=C/c2ccc(F)cc2)SC1=S. The Bertz CT molecular complexity index is 750. The number of nitrogens with one attached hydrogen (secondary N) is 1. The molecule has 0 aromatic heterocycles. The van der Waals surface area contributed by atoms with Gasteiger partial charge in [-0.15, -0.1) is 0 Å². The topological polar surface area (TPSA) is 86.7 Å². The molecule has 0 radical (unpaired) electrons. The lowest BCUT2D eigenvalue weighted by Gasteiger charge is -2.14. The molecule has 1 saturated heterocycles. The number of carboxylic acid groups (broad SMARTS) is 1. The average Bonchev–Trinajstić information content (AvgIpc) is 2.85. The Morgan fingerprint density at radius 1 is 1.27 bits per heavy atom. The van der Waals surface area contributed by atoms with Crippen LogP contribution in [0.25, 0.3) is 6.08 Å². The molecule has 2 amide bonds. The zero-order chi connectivity index (χ0) is 19.1. The molecule has 1 fully saturated rings. The molecule has 0 unspecified atom stereocenters. The first-order chi connectivity index (χ1) is 12.4. The van der Waals surface area contributed by atoms with Crippen molar-refractivity contribution in [3.8, 4) is 0 Å². The van der Waals surface area contributed by atoms with E-state index in [1.54, 1.807) is 18.2 Å². The second kappa shape index (κ2) is 9.44. The van der Waals surface area contributed by atoms with Crippen molar-refractivity contribution < 1.29 is 23.9 Å². The molecule has 1 aromatic carbocycles. The van der Waals surface area contributed by atoms with Gasteiger partial charge in [-0.05, 0) is 30.2 Å². The van der Waals surface area contributed by atoms with Gasteiger partial charge in [0, 0.05) is 25.9 Å². The predicted molar refractivity (Wildman–Crippen MR) is 101 cm³/mol. The molecule has 0 spiro atoms. The summed E-state index contributed by atoms with van der Waals surface area (Å²) >= 11 is 6.32. The van der Waals surface area contributed by atoms with Gasteiger partial charge in [0.15, 0.2) is 0 Å². The fourth-order valence-corrected chi connectivity index (χ4v) is 3.48. The van der Waals surface area contributed by atoms with Crippen molar-refractivity contribution in [1.82, 2.24) is 10.2 Å². The van der Waals surface area contributed by atoms with E-state index in [0.717, 1.165) is 11.8 Å². The summed E-state index contributed by atoms with van der Waals surface area (Å²) in [5.41, 5.74) is 0.683. The minimum Gasteiger partial charge on any atom is -0.481 e. The maximum absolute atomic E-state index is 12.9. The van der Waals surface area contributed by atoms with E-state index in [4.69, 9.17) is 17.3 Å². The quantitative estimate of drug-likeness (QED) is 0.399. The fourth-order valence-electron chi connectivity index (χ4n) is 2.17. The van der Waals surface area contributed by atoms with Crippen LogP contribution in [0, 0.1) is 5.82 Å². The number of aliphatic carboxylic acids is 1. The van der Waals surface area contributed by atoms with Crippen molar-refractivity contribution in [2.45, 2.75) is 19.3 Å². The van der Waals surface area contributed by atoms with Gasteiger partial charge in [-0.3, -0.25) is 19.3 Å². The van der Waals surface area contributed by atoms with E-state index in [-0.39, 0.29) is 43.6 Å². The second-order valence-corrected chi connectivity index (χ2v) is 7.16. The summed E-state index contributed by atoms with van der Waals surface area (Å²) in [5, 5.41) is 11.1. The number of rotatable bonds is 8. The molecule has 0 saturated carbocycles. The number of thioether (sulfide) groups is 1. The predicted octanol–water partition coefficient (Wildman–Crippen LogP) is 2.40. The van der Waals surface area contributed by atoms with E-state index < -0.39 is 5.97 Å². The highest BCUT2D eigenvalue weighted by atomic mass is 32.2. The first-order valence-corrected chi connectivity index (χ1v) is 9.08. The van der Waals surface area contributed by atoms with Crippen LogP contribution < -0.4 is 5.32 Å². The van der Waals surface area contributed by atoms with Crippen molar-refractivity contribution in [3.05, 3.63) is 40.6 Å². The molecule has 138 valence electrons. The molecular formula is C17H17FN2O4S2. The van der Waals surface area contributed by atoms with Gasteiger partial charge >= 0.3 is 5.97 Å². The van der Waals surface area contributed by atoms with Gasteiger partial charge < -0.3 is 10.4 Å². The van der Waals surface area contributed by atoms with Crippen LogP contribution in [0.3, 0.4) is 0 Å². The highest BCUT2D eigenvalue weighted by molar-refractivity contribution is 8.26. The van der Waals surface area contributed by atoms with E-state index in [1.165, 1.54) is 17.0 Å². The Morgan fingerprint density at radius 2 is 1.96 bits per heavy atom. The molecule has 1 aliphatic rings. The van der Waals surface area contributed by atoms with Gasteiger partial charge in [0.1, 0.15) is 10.1 Å².